The molecule has 0 aromatic carbocycles. The van der Waals surface area contributed by atoms with Gasteiger partial charge >= 0.3 is 5.97 Å². The van der Waals surface area contributed by atoms with Gasteiger partial charge in [0.25, 0.3) is 0 Å². The SMILES string of the molecule is CCC(C)C(N)C(=O)NC(CCSC)C(=O)NC(CC(C)C)C(=O)NC(CC(C)C)C(=O)O. The lowest BCUT2D eigenvalue weighted by Crippen LogP contribution is -2.58. The van der Waals surface area contributed by atoms with Crippen LogP contribution in [-0.2, 0) is 19.2 Å². The maximum atomic E-state index is 13.1. The number of aliphatic carboxylic acids is 1. The zero-order chi connectivity index (χ0) is 25.7. The molecule has 5 atom stereocenters. The Kier molecular flexibility index (Phi) is 15.1. The molecule has 0 aliphatic heterocycles. The van der Waals surface area contributed by atoms with E-state index >= 15 is 0 Å². The highest BCUT2D eigenvalue weighted by molar-refractivity contribution is 7.98. The van der Waals surface area contributed by atoms with Gasteiger partial charge in [0, 0.05) is 0 Å². The van der Waals surface area contributed by atoms with Gasteiger partial charge in [0.05, 0.1) is 6.04 Å². The zero-order valence-electron chi connectivity index (χ0n) is 21.1. The Hall–Kier alpha value is -1.81. The summed E-state index contributed by atoms with van der Waals surface area (Å²) in [6, 6.07) is -3.52. The highest BCUT2D eigenvalue weighted by Crippen LogP contribution is 2.11. The number of carbonyl (C=O) groups excluding carboxylic acids is 3. The standard InChI is InChI=1S/C23H44N4O5S/c1-8-15(6)19(24)22(30)25-16(9-10-33-7)20(28)26-17(11-13(2)3)21(29)27-18(23(31)32)12-14(4)5/h13-19H,8-12,24H2,1-7H3,(H,25,30)(H,26,28)(H,27,29)(H,31,32). The smallest absolute Gasteiger partial charge is 0.326 e. The van der Waals surface area contributed by atoms with Gasteiger partial charge in [-0.25, -0.2) is 4.79 Å². The van der Waals surface area contributed by atoms with Crippen molar-refractivity contribution < 1.29 is 24.3 Å². The Morgan fingerprint density at radius 1 is 0.818 bits per heavy atom. The van der Waals surface area contributed by atoms with Gasteiger partial charge in [0.15, 0.2) is 0 Å². The van der Waals surface area contributed by atoms with Crippen LogP contribution in [0.3, 0.4) is 0 Å². The van der Waals surface area contributed by atoms with E-state index in [0.717, 1.165) is 6.42 Å². The van der Waals surface area contributed by atoms with Crippen LogP contribution in [0.5, 0.6) is 0 Å². The summed E-state index contributed by atoms with van der Waals surface area (Å²) in [5, 5.41) is 17.5. The number of carboxylic acids is 1. The van der Waals surface area contributed by atoms with Gasteiger partial charge in [0.1, 0.15) is 18.1 Å². The quantitative estimate of drug-likeness (QED) is 0.222. The Bertz CT molecular complexity index is 644. The molecule has 5 unspecified atom stereocenters. The largest absolute Gasteiger partial charge is 0.480 e. The summed E-state index contributed by atoms with van der Waals surface area (Å²) < 4.78 is 0. The van der Waals surface area contributed by atoms with Crippen LogP contribution in [0.2, 0.25) is 0 Å². The molecule has 0 saturated heterocycles. The summed E-state index contributed by atoms with van der Waals surface area (Å²) in [4.78, 5) is 50.1. The van der Waals surface area contributed by atoms with E-state index in [2.05, 4.69) is 16.0 Å². The normalized spacial score (nSPS) is 15.9. The Balaban J connectivity index is 5.49. The average molecular weight is 489 g/mol. The van der Waals surface area contributed by atoms with Crippen molar-refractivity contribution in [2.75, 3.05) is 12.0 Å². The lowest BCUT2D eigenvalue weighted by molar-refractivity contribution is -0.143. The van der Waals surface area contributed by atoms with E-state index in [0.29, 0.717) is 18.6 Å². The molecule has 0 rings (SSSR count). The minimum atomic E-state index is -1.11. The van der Waals surface area contributed by atoms with Gasteiger partial charge < -0.3 is 26.8 Å². The lowest BCUT2D eigenvalue weighted by Gasteiger charge is -2.27. The number of carboxylic acid groups (broad SMARTS) is 1. The van der Waals surface area contributed by atoms with Crippen LogP contribution >= 0.6 is 11.8 Å². The fourth-order valence-electron chi connectivity index (χ4n) is 3.23. The van der Waals surface area contributed by atoms with Gasteiger partial charge in [-0.1, -0.05) is 48.0 Å². The monoisotopic (exact) mass is 488 g/mol. The maximum absolute atomic E-state index is 13.1. The highest BCUT2D eigenvalue weighted by Gasteiger charge is 2.31. The third-order valence-electron chi connectivity index (χ3n) is 5.47. The number of hydrogen-bond acceptors (Lipinski definition) is 6. The molecule has 6 N–H and O–H groups in total. The molecule has 0 spiro atoms. The first kappa shape index (κ1) is 31.2. The Labute approximate surface area is 202 Å². The number of rotatable bonds is 16. The van der Waals surface area contributed by atoms with Crippen molar-refractivity contribution in [3.05, 3.63) is 0 Å². The topological polar surface area (TPSA) is 151 Å². The molecule has 192 valence electrons. The molecule has 0 radical (unpaired) electrons. The summed E-state index contributed by atoms with van der Waals surface area (Å²) in [5.41, 5.74) is 6.02. The fraction of sp³-hybridized carbons (Fsp3) is 0.826. The van der Waals surface area contributed by atoms with E-state index in [1.807, 2.05) is 47.8 Å². The molecule has 0 heterocycles. The molecule has 0 aliphatic carbocycles. The zero-order valence-corrected chi connectivity index (χ0v) is 22.0. The molecule has 3 amide bonds. The summed E-state index contributed by atoms with van der Waals surface area (Å²) >= 11 is 1.54. The Morgan fingerprint density at radius 3 is 1.73 bits per heavy atom. The molecule has 0 aliphatic rings. The molecule has 33 heavy (non-hydrogen) atoms. The van der Waals surface area contributed by atoms with Crippen LogP contribution in [0.4, 0.5) is 0 Å². The van der Waals surface area contributed by atoms with Crippen molar-refractivity contribution in [2.45, 2.75) is 91.4 Å². The van der Waals surface area contributed by atoms with Crippen LogP contribution in [0.1, 0.15) is 67.2 Å². The van der Waals surface area contributed by atoms with Crippen molar-refractivity contribution >= 4 is 35.5 Å². The van der Waals surface area contributed by atoms with Gasteiger partial charge in [0.2, 0.25) is 17.7 Å². The van der Waals surface area contributed by atoms with Crippen LogP contribution in [-0.4, -0.2) is 65.0 Å². The van der Waals surface area contributed by atoms with E-state index < -0.39 is 47.9 Å². The van der Waals surface area contributed by atoms with E-state index in [1.165, 1.54) is 11.8 Å². The van der Waals surface area contributed by atoms with E-state index in [4.69, 9.17) is 5.73 Å². The summed E-state index contributed by atoms with van der Waals surface area (Å²) in [6.07, 6.45) is 3.63. The average Bonchev–Trinajstić information content (AvgIpc) is 2.73. The highest BCUT2D eigenvalue weighted by atomic mass is 32.2. The van der Waals surface area contributed by atoms with Crippen molar-refractivity contribution in [3.63, 3.8) is 0 Å². The molecule has 0 bridgehead atoms. The first-order chi connectivity index (χ1) is 15.3. The minimum Gasteiger partial charge on any atom is -0.480 e. The van der Waals surface area contributed by atoms with Crippen molar-refractivity contribution in [1.29, 1.82) is 0 Å². The molecule has 9 nitrogen and oxygen atoms in total. The second-order valence-corrected chi connectivity index (χ2v) is 10.5. The summed E-state index contributed by atoms with van der Waals surface area (Å²) in [7, 11) is 0. The van der Waals surface area contributed by atoms with Crippen molar-refractivity contribution in [2.24, 2.45) is 23.5 Å². The summed E-state index contributed by atoms with van der Waals surface area (Å²) in [5.74, 6) is -1.80. The Morgan fingerprint density at radius 2 is 1.27 bits per heavy atom. The molecule has 0 fully saturated rings. The van der Waals surface area contributed by atoms with E-state index in [1.54, 1.807) is 0 Å². The maximum Gasteiger partial charge on any atom is 0.326 e. The van der Waals surface area contributed by atoms with Crippen molar-refractivity contribution in [3.8, 4) is 0 Å². The van der Waals surface area contributed by atoms with Crippen LogP contribution in [0.25, 0.3) is 0 Å². The van der Waals surface area contributed by atoms with E-state index in [9.17, 15) is 24.3 Å². The third kappa shape index (κ3) is 12.3. The molecular weight excluding hydrogens is 444 g/mol. The number of hydrogen-bond donors (Lipinski definition) is 5. The number of nitrogens with one attached hydrogen (secondary N) is 3. The molecular formula is C23H44N4O5S. The number of nitrogens with two attached hydrogens (primary N) is 1. The number of thioether (sulfide) groups is 1. The first-order valence-corrected chi connectivity index (χ1v) is 13.1. The second kappa shape index (κ2) is 15.9. The van der Waals surface area contributed by atoms with E-state index in [-0.39, 0.29) is 24.2 Å². The van der Waals surface area contributed by atoms with Gasteiger partial charge in [-0.2, -0.15) is 11.8 Å². The van der Waals surface area contributed by atoms with Gasteiger partial charge in [-0.3, -0.25) is 14.4 Å². The van der Waals surface area contributed by atoms with Gasteiger partial charge in [-0.15, -0.1) is 0 Å². The minimum absolute atomic E-state index is 0.0392. The summed E-state index contributed by atoms with van der Waals surface area (Å²) in [6.45, 7) is 11.4. The predicted molar refractivity (Wildman–Crippen MR) is 133 cm³/mol. The molecule has 0 aromatic rings. The second-order valence-electron chi connectivity index (χ2n) is 9.47. The lowest BCUT2D eigenvalue weighted by atomic mass is 9.98. The van der Waals surface area contributed by atoms with Crippen LogP contribution in [0.15, 0.2) is 0 Å². The predicted octanol–water partition coefficient (Wildman–Crippen LogP) is 1.74. The third-order valence-corrected chi connectivity index (χ3v) is 6.11. The fourth-order valence-corrected chi connectivity index (χ4v) is 3.70. The van der Waals surface area contributed by atoms with Crippen LogP contribution < -0.4 is 21.7 Å². The van der Waals surface area contributed by atoms with Crippen molar-refractivity contribution in [1.82, 2.24) is 16.0 Å². The molecule has 10 heteroatoms. The van der Waals surface area contributed by atoms with Gasteiger partial charge in [-0.05, 0) is 49.0 Å². The first-order valence-electron chi connectivity index (χ1n) is 11.7. The number of carbonyl (C=O) groups is 4. The number of amides is 3. The molecule has 0 saturated carbocycles. The van der Waals surface area contributed by atoms with Crippen LogP contribution in [0, 0.1) is 17.8 Å². The molecule has 0 aromatic heterocycles.